The van der Waals surface area contributed by atoms with Gasteiger partial charge in [-0.3, -0.25) is 9.59 Å². The van der Waals surface area contributed by atoms with Crippen LogP contribution in [0.1, 0.15) is 16.8 Å². The van der Waals surface area contributed by atoms with Gasteiger partial charge in [-0.05, 0) is 24.3 Å². The maximum absolute atomic E-state index is 11.8. The van der Waals surface area contributed by atoms with Crippen molar-refractivity contribution < 1.29 is 24.6 Å². The topological polar surface area (TPSA) is 104 Å². The monoisotopic (exact) mass is 297 g/mol. The molecule has 0 spiro atoms. The van der Waals surface area contributed by atoms with Gasteiger partial charge in [-0.25, -0.2) is 4.79 Å². The number of thioether (sulfide) groups is 1. The second-order valence-corrected chi connectivity index (χ2v) is 5.07. The van der Waals surface area contributed by atoms with Crippen molar-refractivity contribution in [1.82, 2.24) is 5.32 Å². The molecule has 0 aliphatic heterocycles. The standard InChI is InChI=1S/C13H15NO5S/c15-11(16)8-20-7-6-10(13(18)19)14-12(17)9-4-2-1-3-5-9/h1-5,10H,6-8H2,(H,14,17)(H,15,16)(H,18,19)/t10-/m1/s1. The molecule has 0 saturated heterocycles. The highest BCUT2D eigenvalue weighted by Gasteiger charge is 2.20. The van der Waals surface area contributed by atoms with E-state index in [2.05, 4.69) is 5.32 Å². The van der Waals surface area contributed by atoms with Crippen LogP contribution in [0.4, 0.5) is 0 Å². The average molecular weight is 297 g/mol. The summed E-state index contributed by atoms with van der Waals surface area (Å²) in [5.41, 5.74) is 0.386. The summed E-state index contributed by atoms with van der Waals surface area (Å²) in [7, 11) is 0. The molecule has 0 bridgehead atoms. The van der Waals surface area contributed by atoms with Crippen LogP contribution < -0.4 is 5.32 Å². The van der Waals surface area contributed by atoms with E-state index in [0.717, 1.165) is 11.8 Å². The first kappa shape index (κ1) is 16.0. The molecule has 20 heavy (non-hydrogen) atoms. The van der Waals surface area contributed by atoms with Gasteiger partial charge in [0.05, 0.1) is 5.75 Å². The lowest BCUT2D eigenvalue weighted by atomic mass is 10.1. The van der Waals surface area contributed by atoms with Crippen LogP contribution >= 0.6 is 11.8 Å². The molecular formula is C13H15NO5S. The van der Waals surface area contributed by atoms with Crippen molar-refractivity contribution in [1.29, 1.82) is 0 Å². The van der Waals surface area contributed by atoms with Crippen LogP contribution in [0.15, 0.2) is 30.3 Å². The van der Waals surface area contributed by atoms with E-state index in [1.165, 1.54) is 0 Å². The van der Waals surface area contributed by atoms with E-state index in [0.29, 0.717) is 11.3 Å². The Labute approximate surface area is 120 Å². The lowest BCUT2D eigenvalue weighted by Crippen LogP contribution is -2.41. The second kappa shape index (κ2) is 8.21. The SMILES string of the molecule is O=C(O)CSCC[C@@H](NC(=O)c1ccccc1)C(=O)O. The van der Waals surface area contributed by atoms with Gasteiger partial charge in [-0.15, -0.1) is 0 Å². The van der Waals surface area contributed by atoms with Crippen molar-refractivity contribution in [3.8, 4) is 0 Å². The molecule has 1 amide bonds. The minimum atomic E-state index is -1.13. The maximum Gasteiger partial charge on any atom is 0.326 e. The summed E-state index contributed by atoms with van der Waals surface area (Å²) in [6, 6.07) is 7.29. The van der Waals surface area contributed by atoms with E-state index in [1.54, 1.807) is 30.3 Å². The molecule has 0 saturated carbocycles. The van der Waals surface area contributed by atoms with Crippen molar-refractivity contribution in [3.63, 3.8) is 0 Å². The average Bonchev–Trinajstić information content (AvgIpc) is 2.42. The van der Waals surface area contributed by atoms with E-state index in [4.69, 9.17) is 10.2 Å². The number of carbonyl (C=O) groups excluding carboxylic acids is 1. The van der Waals surface area contributed by atoms with Crippen molar-refractivity contribution in [2.75, 3.05) is 11.5 Å². The first-order valence-electron chi connectivity index (χ1n) is 5.89. The number of carboxylic acid groups (broad SMARTS) is 2. The third-order valence-electron chi connectivity index (χ3n) is 2.42. The summed E-state index contributed by atoms with van der Waals surface area (Å²) >= 11 is 1.12. The van der Waals surface area contributed by atoms with Crippen LogP contribution in [0.25, 0.3) is 0 Å². The molecule has 0 aliphatic carbocycles. The fraction of sp³-hybridized carbons (Fsp3) is 0.308. The normalized spacial score (nSPS) is 11.6. The zero-order valence-electron chi connectivity index (χ0n) is 10.6. The fourth-order valence-corrected chi connectivity index (χ4v) is 2.17. The molecule has 0 heterocycles. The number of benzene rings is 1. The Balaban J connectivity index is 2.49. The molecule has 3 N–H and O–H groups in total. The van der Waals surface area contributed by atoms with Crippen LogP contribution in [0, 0.1) is 0 Å². The highest BCUT2D eigenvalue weighted by molar-refractivity contribution is 7.99. The maximum atomic E-state index is 11.8. The van der Waals surface area contributed by atoms with E-state index < -0.39 is 23.9 Å². The van der Waals surface area contributed by atoms with Crippen molar-refractivity contribution in [2.24, 2.45) is 0 Å². The number of carboxylic acids is 2. The summed E-state index contributed by atoms with van der Waals surface area (Å²) in [6.07, 6.45) is 0.172. The minimum Gasteiger partial charge on any atom is -0.481 e. The molecule has 0 unspecified atom stereocenters. The molecule has 7 heteroatoms. The van der Waals surface area contributed by atoms with Gasteiger partial charge >= 0.3 is 11.9 Å². The number of amides is 1. The summed E-state index contributed by atoms with van der Waals surface area (Å²) in [5, 5.41) is 19.9. The minimum absolute atomic E-state index is 0.0844. The predicted molar refractivity (Wildman–Crippen MR) is 74.9 cm³/mol. The zero-order chi connectivity index (χ0) is 15.0. The van der Waals surface area contributed by atoms with Crippen LogP contribution in [0.2, 0.25) is 0 Å². The quantitative estimate of drug-likeness (QED) is 0.620. The van der Waals surface area contributed by atoms with E-state index in [9.17, 15) is 14.4 Å². The van der Waals surface area contributed by atoms with Crippen LogP contribution in [-0.4, -0.2) is 45.6 Å². The number of rotatable bonds is 8. The Hall–Kier alpha value is -2.02. The molecule has 1 aromatic rings. The molecule has 0 fully saturated rings. The Kier molecular flexibility index (Phi) is 6.58. The number of nitrogens with one attached hydrogen (secondary N) is 1. The first-order chi connectivity index (χ1) is 9.50. The number of aliphatic carboxylic acids is 2. The number of hydrogen-bond donors (Lipinski definition) is 3. The van der Waals surface area contributed by atoms with Gasteiger partial charge < -0.3 is 15.5 Å². The van der Waals surface area contributed by atoms with Gasteiger partial charge in [0.1, 0.15) is 6.04 Å². The van der Waals surface area contributed by atoms with Crippen LogP contribution in [0.5, 0.6) is 0 Å². The third-order valence-corrected chi connectivity index (χ3v) is 3.39. The highest BCUT2D eigenvalue weighted by atomic mass is 32.2. The smallest absolute Gasteiger partial charge is 0.326 e. The van der Waals surface area contributed by atoms with Gasteiger partial charge in [-0.2, -0.15) is 11.8 Å². The summed E-state index contributed by atoms with van der Waals surface area (Å²) in [6.45, 7) is 0. The Bertz CT molecular complexity index is 477. The van der Waals surface area contributed by atoms with Crippen molar-refractivity contribution in [2.45, 2.75) is 12.5 Å². The lowest BCUT2D eigenvalue weighted by Gasteiger charge is -2.14. The Morgan fingerprint density at radius 3 is 2.35 bits per heavy atom. The molecule has 1 aromatic carbocycles. The van der Waals surface area contributed by atoms with Crippen LogP contribution in [0.3, 0.4) is 0 Å². The number of carbonyl (C=O) groups is 3. The Morgan fingerprint density at radius 1 is 1.15 bits per heavy atom. The van der Waals surface area contributed by atoms with Gasteiger partial charge in [-0.1, -0.05) is 18.2 Å². The largest absolute Gasteiger partial charge is 0.481 e. The first-order valence-corrected chi connectivity index (χ1v) is 7.04. The number of hydrogen-bond acceptors (Lipinski definition) is 4. The van der Waals surface area contributed by atoms with Gasteiger partial charge in [0, 0.05) is 5.56 Å². The van der Waals surface area contributed by atoms with Gasteiger partial charge in [0.25, 0.3) is 5.91 Å². The molecule has 108 valence electrons. The molecule has 1 atom stereocenters. The van der Waals surface area contributed by atoms with Gasteiger partial charge in [0.15, 0.2) is 0 Å². The van der Waals surface area contributed by atoms with E-state index >= 15 is 0 Å². The third kappa shape index (κ3) is 5.75. The molecule has 1 rings (SSSR count). The van der Waals surface area contributed by atoms with Gasteiger partial charge in [0.2, 0.25) is 0 Å². The summed E-state index contributed by atoms with van der Waals surface area (Å²) in [4.78, 5) is 33.2. The second-order valence-electron chi connectivity index (χ2n) is 3.97. The van der Waals surface area contributed by atoms with E-state index in [-0.39, 0.29) is 12.2 Å². The summed E-state index contributed by atoms with van der Waals surface area (Å²) < 4.78 is 0. The molecule has 0 radical (unpaired) electrons. The predicted octanol–water partition coefficient (Wildman–Crippen LogP) is 1.08. The van der Waals surface area contributed by atoms with E-state index in [1.807, 2.05) is 0 Å². The molecule has 6 nitrogen and oxygen atoms in total. The fourth-order valence-electron chi connectivity index (χ4n) is 1.45. The van der Waals surface area contributed by atoms with Crippen LogP contribution in [-0.2, 0) is 9.59 Å². The zero-order valence-corrected chi connectivity index (χ0v) is 11.4. The summed E-state index contributed by atoms with van der Waals surface area (Å²) in [5.74, 6) is -2.28. The lowest BCUT2D eigenvalue weighted by molar-refractivity contribution is -0.139. The molecule has 0 aromatic heterocycles. The Morgan fingerprint density at radius 2 is 1.80 bits per heavy atom. The van der Waals surface area contributed by atoms with Crippen molar-refractivity contribution in [3.05, 3.63) is 35.9 Å². The molecular weight excluding hydrogens is 282 g/mol. The highest BCUT2D eigenvalue weighted by Crippen LogP contribution is 2.06. The molecule has 0 aliphatic rings. The van der Waals surface area contributed by atoms with Crippen molar-refractivity contribution >= 4 is 29.6 Å².